The van der Waals surface area contributed by atoms with Crippen molar-refractivity contribution in [2.75, 3.05) is 26.2 Å². The Labute approximate surface area is 135 Å². The van der Waals surface area contributed by atoms with E-state index in [2.05, 4.69) is 26.7 Å². The average Bonchev–Trinajstić information content (AvgIpc) is 3.11. The third-order valence-electron chi connectivity index (χ3n) is 4.01. The molecule has 6 nitrogen and oxygen atoms in total. The van der Waals surface area contributed by atoms with Crippen molar-refractivity contribution in [3.8, 4) is 0 Å². The maximum absolute atomic E-state index is 12.6. The number of aryl methyl sites for hydroxylation is 2. The summed E-state index contributed by atoms with van der Waals surface area (Å²) in [6.07, 6.45) is 1.59. The molecule has 0 atom stereocenters. The highest BCUT2D eigenvalue weighted by Gasteiger charge is 2.30. The molecule has 22 heavy (non-hydrogen) atoms. The fourth-order valence-electron chi connectivity index (χ4n) is 2.55. The highest BCUT2D eigenvalue weighted by atomic mass is 32.2. The molecule has 0 amide bonds. The molecule has 0 saturated carbocycles. The molecule has 0 bridgehead atoms. The molecule has 8 heteroatoms. The Balaban J connectivity index is 1.65. The Morgan fingerprint density at radius 1 is 1.27 bits per heavy atom. The number of sulfonamides is 1. The molecule has 1 aliphatic rings. The zero-order chi connectivity index (χ0) is 15.7. The van der Waals surface area contributed by atoms with Gasteiger partial charge in [0, 0.05) is 46.0 Å². The molecule has 0 unspecified atom stereocenters. The second-order valence-corrected chi connectivity index (χ2v) is 8.21. The summed E-state index contributed by atoms with van der Waals surface area (Å²) in [7, 11) is -1.67. The molecule has 0 aromatic carbocycles. The number of hydrogen-bond acceptors (Lipinski definition) is 5. The smallest absolute Gasteiger partial charge is 0.262 e. The van der Waals surface area contributed by atoms with Crippen molar-refractivity contribution in [3.05, 3.63) is 34.4 Å². The van der Waals surface area contributed by atoms with Gasteiger partial charge < -0.3 is 4.57 Å². The molecule has 3 rings (SSSR count). The standard InChI is InChI=1S/C14H20N4O2S2/c1-12-15-14(10-16(12)2)22(19,20)18-6-4-17(5-7-18)9-13-3-8-21-11-13/h3,8,10-11H,4-7,9H2,1-2H3. The van der Waals surface area contributed by atoms with Gasteiger partial charge in [-0.1, -0.05) is 0 Å². The minimum absolute atomic E-state index is 0.152. The van der Waals surface area contributed by atoms with Gasteiger partial charge in [-0.15, -0.1) is 0 Å². The number of rotatable bonds is 4. The van der Waals surface area contributed by atoms with Crippen LogP contribution in [0.15, 0.2) is 28.0 Å². The van der Waals surface area contributed by atoms with E-state index in [1.54, 1.807) is 40.4 Å². The molecule has 0 N–H and O–H groups in total. The van der Waals surface area contributed by atoms with Gasteiger partial charge in [-0.25, -0.2) is 13.4 Å². The fraction of sp³-hybridized carbons (Fsp3) is 0.500. The number of thiophene rings is 1. The van der Waals surface area contributed by atoms with E-state index in [0.717, 1.165) is 19.6 Å². The molecular formula is C14H20N4O2S2. The van der Waals surface area contributed by atoms with E-state index in [-0.39, 0.29) is 5.03 Å². The lowest BCUT2D eigenvalue weighted by atomic mass is 10.3. The van der Waals surface area contributed by atoms with E-state index >= 15 is 0 Å². The molecule has 1 fully saturated rings. The van der Waals surface area contributed by atoms with Crippen molar-refractivity contribution < 1.29 is 8.42 Å². The van der Waals surface area contributed by atoms with E-state index in [9.17, 15) is 8.42 Å². The van der Waals surface area contributed by atoms with Gasteiger partial charge in [-0.2, -0.15) is 15.6 Å². The van der Waals surface area contributed by atoms with Gasteiger partial charge in [0.25, 0.3) is 10.0 Å². The first-order chi connectivity index (χ1) is 10.5. The number of hydrogen-bond donors (Lipinski definition) is 0. The second-order valence-electron chi connectivity index (χ2n) is 5.55. The summed E-state index contributed by atoms with van der Waals surface area (Å²) >= 11 is 1.69. The van der Waals surface area contributed by atoms with Gasteiger partial charge in [0.1, 0.15) is 5.82 Å². The molecule has 1 aliphatic heterocycles. The summed E-state index contributed by atoms with van der Waals surface area (Å²) in [4.78, 5) is 6.45. The zero-order valence-corrected chi connectivity index (χ0v) is 14.4. The largest absolute Gasteiger partial charge is 0.337 e. The second kappa shape index (κ2) is 6.11. The lowest BCUT2D eigenvalue weighted by Gasteiger charge is -2.33. The van der Waals surface area contributed by atoms with Gasteiger partial charge in [0.15, 0.2) is 5.03 Å². The third-order valence-corrected chi connectivity index (χ3v) is 6.51. The zero-order valence-electron chi connectivity index (χ0n) is 12.8. The highest BCUT2D eigenvalue weighted by molar-refractivity contribution is 7.89. The van der Waals surface area contributed by atoms with Crippen molar-refractivity contribution >= 4 is 21.4 Å². The van der Waals surface area contributed by atoms with Gasteiger partial charge in [-0.3, -0.25) is 4.90 Å². The Kier molecular flexibility index (Phi) is 4.35. The Hall–Kier alpha value is -1.22. The van der Waals surface area contributed by atoms with Crippen molar-refractivity contribution in [2.24, 2.45) is 7.05 Å². The van der Waals surface area contributed by atoms with Gasteiger partial charge >= 0.3 is 0 Å². The summed E-state index contributed by atoms with van der Waals surface area (Å²) in [5.41, 5.74) is 1.29. The lowest BCUT2D eigenvalue weighted by Crippen LogP contribution is -2.48. The van der Waals surface area contributed by atoms with Crippen LogP contribution in [-0.4, -0.2) is 53.4 Å². The van der Waals surface area contributed by atoms with Crippen LogP contribution in [-0.2, 0) is 23.6 Å². The quantitative estimate of drug-likeness (QED) is 0.842. The molecule has 2 aromatic heterocycles. The first kappa shape index (κ1) is 15.7. The molecule has 0 spiro atoms. The van der Waals surface area contributed by atoms with Crippen LogP contribution in [0.3, 0.4) is 0 Å². The van der Waals surface area contributed by atoms with E-state index in [1.165, 1.54) is 5.56 Å². The molecule has 120 valence electrons. The predicted octanol–water partition coefficient (Wildman–Crippen LogP) is 1.30. The number of aromatic nitrogens is 2. The summed E-state index contributed by atoms with van der Waals surface area (Å²) in [5.74, 6) is 0.703. The molecule has 2 aromatic rings. The van der Waals surface area contributed by atoms with Crippen LogP contribution in [0.5, 0.6) is 0 Å². The lowest BCUT2D eigenvalue weighted by molar-refractivity contribution is 0.181. The summed E-state index contributed by atoms with van der Waals surface area (Å²) < 4.78 is 28.5. The maximum atomic E-state index is 12.6. The number of piperazine rings is 1. The van der Waals surface area contributed by atoms with Crippen LogP contribution < -0.4 is 0 Å². The van der Waals surface area contributed by atoms with Crippen LogP contribution in [0.1, 0.15) is 11.4 Å². The van der Waals surface area contributed by atoms with E-state index < -0.39 is 10.0 Å². The van der Waals surface area contributed by atoms with E-state index in [0.29, 0.717) is 18.9 Å². The molecule has 0 aliphatic carbocycles. The van der Waals surface area contributed by atoms with E-state index in [1.807, 2.05) is 0 Å². The van der Waals surface area contributed by atoms with Crippen molar-refractivity contribution in [3.63, 3.8) is 0 Å². The van der Waals surface area contributed by atoms with Crippen molar-refractivity contribution in [1.29, 1.82) is 0 Å². The van der Waals surface area contributed by atoms with Crippen LogP contribution in [0, 0.1) is 6.92 Å². The number of nitrogens with zero attached hydrogens (tertiary/aromatic N) is 4. The molecule has 3 heterocycles. The SMILES string of the molecule is Cc1nc(S(=O)(=O)N2CCN(Cc3ccsc3)CC2)cn1C. The molecule has 0 radical (unpaired) electrons. The number of imidazole rings is 1. The normalized spacial score (nSPS) is 17.9. The first-order valence-electron chi connectivity index (χ1n) is 7.20. The minimum atomic E-state index is -3.47. The van der Waals surface area contributed by atoms with Crippen LogP contribution in [0.25, 0.3) is 0 Å². The maximum Gasteiger partial charge on any atom is 0.262 e. The topological polar surface area (TPSA) is 58.4 Å². The monoisotopic (exact) mass is 340 g/mol. The Bertz CT molecular complexity index is 709. The summed E-state index contributed by atoms with van der Waals surface area (Å²) in [6.45, 7) is 5.23. The minimum Gasteiger partial charge on any atom is -0.337 e. The van der Waals surface area contributed by atoms with E-state index in [4.69, 9.17) is 0 Å². The summed E-state index contributed by atoms with van der Waals surface area (Å²) in [6, 6.07) is 2.12. The molecular weight excluding hydrogens is 320 g/mol. The highest BCUT2D eigenvalue weighted by Crippen LogP contribution is 2.18. The molecule has 1 saturated heterocycles. The Morgan fingerprint density at radius 3 is 2.55 bits per heavy atom. The van der Waals surface area contributed by atoms with Crippen molar-refractivity contribution in [1.82, 2.24) is 18.8 Å². The van der Waals surface area contributed by atoms with Crippen LogP contribution >= 0.6 is 11.3 Å². The average molecular weight is 340 g/mol. The van der Waals surface area contributed by atoms with Gasteiger partial charge in [-0.05, 0) is 29.3 Å². The van der Waals surface area contributed by atoms with Crippen LogP contribution in [0.4, 0.5) is 0 Å². The Morgan fingerprint density at radius 2 is 2.00 bits per heavy atom. The first-order valence-corrected chi connectivity index (χ1v) is 9.58. The van der Waals surface area contributed by atoms with Crippen molar-refractivity contribution in [2.45, 2.75) is 18.5 Å². The van der Waals surface area contributed by atoms with Gasteiger partial charge in [0.2, 0.25) is 0 Å². The predicted molar refractivity (Wildman–Crippen MR) is 86.3 cm³/mol. The van der Waals surface area contributed by atoms with Gasteiger partial charge in [0.05, 0.1) is 0 Å². The summed E-state index contributed by atoms with van der Waals surface area (Å²) in [5, 5.41) is 4.36. The third kappa shape index (κ3) is 3.10. The van der Waals surface area contributed by atoms with Crippen LogP contribution in [0.2, 0.25) is 0 Å². The fourth-order valence-corrected chi connectivity index (χ4v) is 4.66.